The number of hydrogen-bond donors (Lipinski definition) is 0. The molecule has 0 aromatic heterocycles. The Morgan fingerprint density at radius 3 is 2.55 bits per heavy atom. The largest absolute Gasteiger partial charge is 0.0853 e. The molecule has 1 rings (SSSR count). The van der Waals surface area contributed by atoms with Crippen LogP contribution in [0.1, 0.15) is 51.4 Å². The highest BCUT2D eigenvalue weighted by Crippen LogP contribution is 2.23. The van der Waals surface area contributed by atoms with Gasteiger partial charge in [0.2, 0.25) is 0 Å². The molecule has 0 aromatic carbocycles. The van der Waals surface area contributed by atoms with E-state index in [1.54, 1.807) is 5.57 Å². The number of unbranched alkanes of at least 4 members (excludes halogenated alkanes) is 2. The number of hydrogen-bond acceptors (Lipinski definition) is 0. The van der Waals surface area contributed by atoms with Crippen molar-refractivity contribution in [3.8, 4) is 0 Å². The van der Waals surface area contributed by atoms with E-state index in [9.17, 15) is 0 Å². The van der Waals surface area contributed by atoms with Gasteiger partial charge in [0.15, 0.2) is 0 Å². The zero-order chi connectivity index (χ0) is 7.94. The van der Waals surface area contributed by atoms with Crippen molar-refractivity contribution in [3.63, 3.8) is 0 Å². The van der Waals surface area contributed by atoms with Crippen LogP contribution in [0.5, 0.6) is 0 Å². The molecule has 0 saturated heterocycles. The van der Waals surface area contributed by atoms with Crippen molar-refractivity contribution < 1.29 is 0 Å². The molecule has 1 radical (unpaired) electrons. The second-order valence-corrected chi connectivity index (χ2v) is 3.42. The van der Waals surface area contributed by atoms with Gasteiger partial charge in [-0.25, -0.2) is 0 Å². The topological polar surface area (TPSA) is 0 Å². The maximum absolute atomic E-state index is 3.84. The summed E-state index contributed by atoms with van der Waals surface area (Å²) in [6, 6.07) is 0. The Labute approximate surface area is 70.7 Å². The highest BCUT2D eigenvalue weighted by molar-refractivity contribution is 5.03. The smallest absolute Gasteiger partial charge is 0.0320 e. The van der Waals surface area contributed by atoms with Gasteiger partial charge in [-0.2, -0.15) is 0 Å². The Hall–Kier alpha value is -0.260. The molecule has 1 fully saturated rings. The van der Waals surface area contributed by atoms with E-state index < -0.39 is 0 Å². The second kappa shape index (κ2) is 5.40. The molecule has 0 bridgehead atoms. The number of allylic oxidation sites excluding steroid dienone is 2. The molecule has 0 heteroatoms. The standard InChI is InChI=1S/C11H19/c1-2-3-5-8-11-9-6-4-7-10-11/h8H,1-7,9-10H2. The monoisotopic (exact) mass is 151 g/mol. The minimum Gasteiger partial charge on any atom is -0.0853 e. The summed E-state index contributed by atoms with van der Waals surface area (Å²) in [5, 5.41) is 0. The quantitative estimate of drug-likeness (QED) is 0.424. The second-order valence-electron chi connectivity index (χ2n) is 3.42. The van der Waals surface area contributed by atoms with Gasteiger partial charge in [0.25, 0.3) is 0 Å². The van der Waals surface area contributed by atoms with Crippen molar-refractivity contribution in [2.75, 3.05) is 0 Å². The Balaban J connectivity index is 2.15. The highest BCUT2D eigenvalue weighted by atomic mass is 14.1. The van der Waals surface area contributed by atoms with Gasteiger partial charge in [0, 0.05) is 0 Å². The van der Waals surface area contributed by atoms with E-state index in [1.807, 2.05) is 0 Å². The molecule has 0 unspecified atom stereocenters. The summed E-state index contributed by atoms with van der Waals surface area (Å²) >= 11 is 0. The van der Waals surface area contributed by atoms with Gasteiger partial charge in [-0.15, -0.1) is 0 Å². The highest BCUT2D eigenvalue weighted by Gasteiger charge is 2.03. The molecule has 0 heterocycles. The van der Waals surface area contributed by atoms with Crippen LogP contribution in [-0.4, -0.2) is 0 Å². The first-order valence-corrected chi connectivity index (χ1v) is 4.90. The van der Waals surface area contributed by atoms with Crippen molar-refractivity contribution in [1.82, 2.24) is 0 Å². The lowest BCUT2D eigenvalue weighted by Gasteiger charge is -2.12. The summed E-state index contributed by atoms with van der Waals surface area (Å²) in [7, 11) is 0. The van der Waals surface area contributed by atoms with Crippen LogP contribution in [-0.2, 0) is 0 Å². The van der Waals surface area contributed by atoms with Crippen molar-refractivity contribution in [2.45, 2.75) is 51.4 Å². The van der Waals surface area contributed by atoms with Gasteiger partial charge in [-0.1, -0.05) is 31.4 Å². The predicted octanol–water partition coefficient (Wildman–Crippen LogP) is 3.88. The first-order valence-electron chi connectivity index (χ1n) is 4.90. The fraction of sp³-hybridized carbons (Fsp3) is 0.727. The van der Waals surface area contributed by atoms with Gasteiger partial charge in [-0.3, -0.25) is 0 Å². The molecule has 0 N–H and O–H groups in total. The molecule has 63 valence electrons. The molecule has 0 amide bonds. The molecule has 11 heavy (non-hydrogen) atoms. The van der Waals surface area contributed by atoms with Crippen molar-refractivity contribution in [3.05, 3.63) is 18.6 Å². The summed E-state index contributed by atoms with van der Waals surface area (Å²) in [6.45, 7) is 3.84. The summed E-state index contributed by atoms with van der Waals surface area (Å²) < 4.78 is 0. The molecule has 0 spiro atoms. The minimum absolute atomic E-state index is 1.09. The average Bonchev–Trinajstić information content (AvgIpc) is 2.07. The van der Waals surface area contributed by atoms with E-state index in [0.29, 0.717) is 0 Å². The predicted molar refractivity (Wildman–Crippen MR) is 50.4 cm³/mol. The SMILES string of the molecule is [CH2]CCCC=C1CCCCC1. The van der Waals surface area contributed by atoms with Crippen molar-refractivity contribution in [1.29, 1.82) is 0 Å². The Morgan fingerprint density at radius 1 is 1.18 bits per heavy atom. The third kappa shape index (κ3) is 3.60. The molecule has 0 atom stereocenters. The lowest BCUT2D eigenvalue weighted by atomic mass is 9.94. The summed E-state index contributed by atoms with van der Waals surface area (Å²) in [5.74, 6) is 0. The van der Waals surface area contributed by atoms with E-state index in [0.717, 1.165) is 6.42 Å². The fourth-order valence-corrected chi connectivity index (χ4v) is 1.66. The normalized spacial score (nSPS) is 18.5. The number of rotatable bonds is 3. The Morgan fingerprint density at radius 2 is 1.91 bits per heavy atom. The van der Waals surface area contributed by atoms with E-state index in [2.05, 4.69) is 13.0 Å². The van der Waals surface area contributed by atoms with Crippen LogP contribution in [0.4, 0.5) is 0 Å². The molecule has 0 aliphatic heterocycles. The van der Waals surface area contributed by atoms with Crippen LogP contribution in [0, 0.1) is 6.92 Å². The van der Waals surface area contributed by atoms with Gasteiger partial charge in [0.1, 0.15) is 0 Å². The van der Waals surface area contributed by atoms with Crippen LogP contribution in [0.25, 0.3) is 0 Å². The van der Waals surface area contributed by atoms with Gasteiger partial charge in [-0.05, 0) is 38.5 Å². The maximum atomic E-state index is 3.84. The van der Waals surface area contributed by atoms with Crippen LogP contribution < -0.4 is 0 Å². The molecular formula is C11H19. The fourth-order valence-electron chi connectivity index (χ4n) is 1.66. The van der Waals surface area contributed by atoms with E-state index >= 15 is 0 Å². The zero-order valence-electron chi connectivity index (χ0n) is 7.44. The van der Waals surface area contributed by atoms with Crippen LogP contribution in [0.15, 0.2) is 11.6 Å². The van der Waals surface area contributed by atoms with Gasteiger partial charge >= 0.3 is 0 Å². The minimum atomic E-state index is 1.09. The molecule has 0 aromatic rings. The molecule has 1 saturated carbocycles. The lowest BCUT2D eigenvalue weighted by molar-refractivity contribution is 0.595. The van der Waals surface area contributed by atoms with Crippen LogP contribution in [0.2, 0.25) is 0 Å². The third-order valence-corrected chi connectivity index (χ3v) is 2.38. The lowest BCUT2D eigenvalue weighted by Crippen LogP contribution is -1.93. The summed E-state index contributed by atoms with van der Waals surface area (Å²) in [4.78, 5) is 0. The van der Waals surface area contributed by atoms with Crippen molar-refractivity contribution >= 4 is 0 Å². The first-order chi connectivity index (χ1) is 5.43. The van der Waals surface area contributed by atoms with Gasteiger partial charge in [0.05, 0.1) is 0 Å². The van der Waals surface area contributed by atoms with Crippen LogP contribution >= 0.6 is 0 Å². The van der Waals surface area contributed by atoms with E-state index in [1.165, 1.54) is 44.9 Å². The maximum Gasteiger partial charge on any atom is -0.0320 e. The first kappa shape index (κ1) is 8.83. The van der Waals surface area contributed by atoms with Gasteiger partial charge < -0.3 is 0 Å². The van der Waals surface area contributed by atoms with Crippen LogP contribution in [0.3, 0.4) is 0 Å². The Bertz CT molecular complexity index is 114. The Kier molecular flexibility index (Phi) is 4.33. The van der Waals surface area contributed by atoms with Crippen molar-refractivity contribution in [2.24, 2.45) is 0 Å². The third-order valence-electron chi connectivity index (χ3n) is 2.38. The average molecular weight is 151 g/mol. The van der Waals surface area contributed by atoms with E-state index in [4.69, 9.17) is 0 Å². The zero-order valence-corrected chi connectivity index (χ0v) is 7.44. The molecule has 1 aliphatic rings. The van der Waals surface area contributed by atoms with E-state index in [-0.39, 0.29) is 0 Å². The molecule has 0 nitrogen and oxygen atoms in total. The molecule has 1 aliphatic carbocycles. The molecular weight excluding hydrogens is 132 g/mol. The summed E-state index contributed by atoms with van der Waals surface area (Å²) in [6.07, 6.45) is 13.1. The summed E-state index contributed by atoms with van der Waals surface area (Å²) in [5.41, 5.74) is 1.71.